The van der Waals surface area contributed by atoms with Crippen LogP contribution in [0.15, 0.2) is 46.6 Å². The molecular weight excluding hydrogens is 366 g/mol. The Hall–Kier alpha value is -3.49. The van der Waals surface area contributed by atoms with Gasteiger partial charge in [-0.25, -0.2) is 0 Å². The van der Waals surface area contributed by atoms with E-state index in [1.807, 2.05) is 0 Å². The van der Waals surface area contributed by atoms with Gasteiger partial charge in [0.1, 0.15) is 6.04 Å². The van der Waals surface area contributed by atoms with Crippen molar-refractivity contribution in [2.45, 2.75) is 18.9 Å². The molecule has 0 spiro atoms. The van der Waals surface area contributed by atoms with E-state index in [2.05, 4.69) is 5.32 Å². The number of imide groups is 2. The molecule has 1 aliphatic carbocycles. The third-order valence-corrected chi connectivity index (χ3v) is 5.21. The molecule has 0 aromatic carbocycles. The quantitative estimate of drug-likeness (QED) is 0.571. The molecule has 3 unspecified atom stereocenters. The van der Waals surface area contributed by atoms with Gasteiger partial charge < -0.3 is 4.42 Å². The zero-order valence-corrected chi connectivity index (χ0v) is 14.7. The van der Waals surface area contributed by atoms with Crippen molar-refractivity contribution < 1.29 is 28.4 Å². The first-order valence-corrected chi connectivity index (χ1v) is 8.86. The number of nitrogens with one attached hydrogen (secondary N) is 1. The van der Waals surface area contributed by atoms with Crippen molar-refractivity contribution in [2.24, 2.45) is 11.8 Å². The zero-order chi connectivity index (χ0) is 19.8. The molecule has 2 fully saturated rings. The van der Waals surface area contributed by atoms with E-state index >= 15 is 0 Å². The smallest absolute Gasteiger partial charge is 0.257 e. The molecule has 2 saturated heterocycles. The molecule has 1 N–H and O–H groups in total. The van der Waals surface area contributed by atoms with Gasteiger partial charge in [0, 0.05) is 30.5 Å². The van der Waals surface area contributed by atoms with E-state index in [4.69, 9.17) is 4.42 Å². The summed E-state index contributed by atoms with van der Waals surface area (Å²) >= 11 is 0. The SMILES string of the molecule is O=CN(CC1C=CC=C2C(=O)N(C3CCC(=O)NC3=O)C(=O)C21)c1ccco1. The second kappa shape index (κ2) is 6.91. The summed E-state index contributed by atoms with van der Waals surface area (Å²) in [6.07, 6.45) is 7.19. The number of furan rings is 1. The summed E-state index contributed by atoms with van der Waals surface area (Å²) in [5, 5.41) is 2.17. The van der Waals surface area contributed by atoms with Crippen molar-refractivity contribution in [2.75, 3.05) is 11.4 Å². The Kier molecular flexibility index (Phi) is 4.42. The fourth-order valence-electron chi connectivity index (χ4n) is 3.89. The van der Waals surface area contributed by atoms with Crippen LogP contribution in [0.2, 0.25) is 0 Å². The summed E-state index contributed by atoms with van der Waals surface area (Å²) in [6.45, 7) is 0.137. The monoisotopic (exact) mass is 383 g/mol. The minimum absolute atomic E-state index is 0.0657. The maximum atomic E-state index is 13.1. The Bertz CT molecular complexity index is 916. The first-order chi connectivity index (χ1) is 13.5. The lowest BCUT2D eigenvalue weighted by Gasteiger charge is -2.29. The third kappa shape index (κ3) is 2.84. The van der Waals surface area contributed by atoms with E-state index in [-0.39, 0.29) is 25.0 Å². The molecule has 5 amide bonds. The Labute approximate surface area is 159 Å². The normalized spacial score (nSPS) is 26.8. The van der Waals surface area contributed by atoms with Gasteiger partial charge in [-0.2, -0.15) is 0 Å². The highest BCUT2D eigenvalue weighted by atomic mass is 16.3. The molecule has 9 heteroatoms. The van der Waals surface area contributed by atoms with Crippen LogP contribution < -0.4 is 10.2 Å². The highest BCUT2D eigenvalue weighted by Gasteiger charge is 2.52. The molecule has 0 radical (unpaired) electrons. The molecule has 3 aliphatic rings. The van der Waals surface area contributed by atoms with Crippen molar-refractivity contribution in [3.63, 3.8) is 0 Å². The molecule has 0 bridgehead atoms. The number of rotatable bonds is 5. The summed E-state index contributed by atoms with van der Waals surface area (Å²) in [5.74, 6) is -3.01. The fraction of sp³-hybridized carbons (Fsp3) is 0.316. The molecule has 3 atom stereocenters. The van der Waals surface area contributed by atoms with Crippen LogP contribution in [0, 0.1) is 11.8 Å². The topological polar surface area (TPSA) is 117 Å². The maximum Gasteiger partial charge on any atom is 0.257 e. The Morgan fingerprint density at radius 3 is 2.79 bits per heavy atom. The third-order valence-electron chi connectivity index (χ3n) is 5.21. The Morgan fingerprint density at radius 1 is 1.29 bits per heavy atom. The molecular formula is C19H17N3O6. The minimum Gasteiger partial charge on any atom is -0.448 e. The highest BCUT2D eigenvalue weighted by molar-refractivity contribution is 6.18. The number of carbonyl (C=O) groups is 5. The lowest BCUT2D eigenvalue weighted by atomic mass is 9.83. The van der Waals surface area contributed by atoms with Crippen LogP contribution in [0.25, 0.3) is 0 Å². The molecule has 1 aromatic rings. The first-order valence-electron chi connectivity index (χ1n) is 8.86. The average molecular weight is 383 g/mol. The molecule has 9 nitrogen and oxygen atoms in total. The van der Waals surface area contributed by atoms with E-state index in [0.717, 1.165) is 4.90 Å². The summed E-state index contributed by atoms with van der Waals surface area (Å²) in [4.78, 5) is 63.2. The van der Waals surface area contributed by atoms with Gasteiger partial charge in [-0.3, -0.25) is 39.1 Å². The molecule has 144 valence electrons. The number of fused-ring (bicyclic) bond motifs is 1. The Morgan fingerprint density at radius 2 is 2.11 bits per heavy atom. The van der Waals surface area contributed by atoms with Crippen molar-refractivity contribution in [1.82, 2.24) is 10.2 Å². The van der Waals surface area contributed by atoms with Crippen LogP contribution in [0.4, 0.5) is 5.88 Å². The predicted octanol–water partition coefficient (Wildman–Crippen LogP) is 0.145. The second-order valence-corrected chi connectivity index (χ2v) is 6.84. The number of piperidine rings is 1. The number of carbonyl (C=O) groups excluding carboxylic acids is 5. The second-order valence-electron chi connectivity index (χ2n) is 6.84. The molecule has 2 aliphatic heterocycles. The molecule has 28 heavy (non-hydrogen) atoms. The molecule has 4 rings (SSSR count). The average Bonchev–Trinajstić information content (AvgIpc) is 3.29. The van der Waals surface area contributed by atoms with Crippen LogP contribution in [-0.4, -0.2) is 47.5 Å². The van der Waals surface area contributed by atoms with Gasteiger partial charge in [0.15, 0.2) is 0 Å². The lowest BCUT2D eigenvalue weighted by Crippen LogP contribution is -2.54. The van der Waals surface area contributed by atoms with E-state index in [0.29, 0.717) is 12.3 Å². The molecule has 1 aromatic heterocycles. The number of anilines is 1. The van der Waals surface area contributed by atoms with Gasteiger partial charge in [-0.15, -0.1) is 0 Å². The molecule has 3 heterocycles. The summed E-state index contributed by atoms with van der Waals surface area (Å²) < 4.78 is 5.24. The van der Waals surface area contributed by atoms with E-state index in [9.17, 15) is 24.0 Å². The maximum absolute atomic E-state index is 13.1. The van der Waals surface area contributed by atoms with Crippen LogP contribution in [0.5, 0.6) is 0 Å². The van der Waals surface area contributed by atoms with Crippen molar-refractivity contribution >= 4 is 35.9 Å². The number of likely N-dealkylation sites (tertiary alicyclic amines) is 1. The number of allylic oxidation sites excluding steroid dienone is 2. The van der Waals surface area contributed by atoms with Gasteiger partial charge in [0.05, 0.1) is 12.2 Å². The summed E-state index contributed by atoms with van der Waals surface area (Å²) in [6, 6.07) is 2.26. The van der Waals surface area contributed by atoms with Crippen LogP contribution in [0.3, 0.4) is 0 Å². The van der Waals surface area contributed by atoms with Crippen LogP contribution in [-0.2, 0) is 24.0 Å². The summed E-state index contributed by atoms with van der Waals surface area (Å²) in [5.41, 5.74) is 0.285. The number of amides is 5. The fourth-order valence-corrected chi connectivity index (χ4v) is 3.89. The van der Waals surface area contributed by atoms with Crippen molar-refractivity contribution in [1.29, 1.82) is 0 Å². The highest BCUT2D eigenvalue weighted by Crippen LogP contribution is 2.38. The Balaban J connectivity index is 1.59. The lowest BCUT2D eigenvalue weighted by molar-refractivity contribution is -0.151. The zero-order valence-electron chi connectivity index (χ0n) is 14.7. The van der Waals surface area contributed by atoms with Crippen molar-refractivity contribution in [3.8, 4) is 0 Å². The van der Waals surface area contributed by atoms with E-state index in [1.165, 1.54) is 11.2 Å². The van der Waals surface area contributed by atoms with Gasteiger partial charge in [-0.1, -0.05) is 18.2 Å². The van der Waals surface area contributed by atoms with Gasteiger partial charge in [-0.05, 0) is 12.5 Å². The van der Waals surface area contributed by atoms with Gasteiger partial charge in [0.2, 0.25) is 30.0 Å². The minimum atomic E-state index is -1.00. The van der Waals surface area contributed by atoms with Gasteiger partial charge >= 0.3 is 0 Å². The molecule has 0 saturated carbocycles. The van der Waals surface area contributed by atoms with Crippen LogP contribution >= 0.6 is 0 Å². The summed E-state index contributed by atoms with van der Waals surface area (Å²) in [7, 11) is 0. The van der Waals surface area contributed by atoms with E-state index in [1.54, 1.807) is 30.4 Å². The first kappa shape index (κ1) is 17.9. The van der Waals surface area contributed by atoms with Crippen molar-refractivity contribution in [3.05, 3.63) is 42.2 Å². The number of hydrogen-bond donors (Lipinski definition) is 1. The predicted molar refractivity (Wildman–Crippen MR) is 94.3 cm³/mol. The standard InChI is InChI=1S/C19H17N3O6/c23-10-21(15-5-2-8-28-15)9-11-3-1-4-12-16(11)19(27)22(18(12)26)13-6-7-14(24)20-17(13)25/h1-5,8,10-11,13,16H,6-7,9H2,(H,20,24,25). The number of nitrogens with zero attached hydrogens (tertiary/aromatic N) is 2. The largest absolute Gasteiger partial charge is 0.448 e. The van der Waals surface area contributed by atoms with Gasteiger partial charge in [0.25, 0.3) is 5.91 Å². The van der Waals surface area contributed by atoms with Crippen LogP contribution in [0.1, 0.15) is 12.8 Å². The number of hydrogen-bond acceptors (Lipinski definition) is 6. The van der Waals surface area contributed by atoms with E-state index < -0.39 is 41.5 Å².